The summed E-state index contributed by atoms with van der Waals surface area (Å²) in [5.74, 6) is -2.57. The minimum atomic E-state index is -4.93. The van der Waals surface area contributed by atoms with E-state index in [0.29, 0.717) is 26.6 Å². The number of carbonyl (C=O) groups excluding carboxylic acids is 2. The fourth-order valence-electron chi connectivity index (χ4n) is 4.08. The normalized spacial score (nSPS) is 18.9. The van der Waals surface area contributed by atoms with Crippen molar-refractivity contribution < 1.29 is 31.9 Å². The molecule has 1 unspecified atom stereocenters. The lowest BCUT2D eigenvalue weighted by atomic mass is 9.95. The second-order valence-corrected chi connectivity index (χ2v) is 9.94. The number of amides is 1. The molecule has 1 aromatic carbocycles. The molecule has 0 bridgehead atoms. The molecule has 1 aromatic heterocycles. The smallest absolute Gasteiger partial charge is 0.463 e. The van der Waals surface area contributed by atoms with E-state index in [-0.39, 0.29) is 44.9 Å². The quantitative estimate of drug-likeness (QED) is 0.401. The molecule has 8 nitrogen and oxygen atoms in total. The number of thiazole rings is 1. The fraction of sp³-hybridized carbons (Fsp3) is 0.391. The Morgan fingerprint density at radius 3 is 2.57 bits per heavy atom. The Morgan fingerprint density at radius 1 is 1.24 bits per heavy atom. The Balaban J connectivity index is 1.68. The van der Waals surface area contributed by atoms with Gasteiger partial charge in [0, 0.05) is 54.5 Å². The number of hydrogen-bond donors (Lipinski definition) is 1. The lowest BCUT2D eigenvalue weighted by Crippen LogP contribution is -2.53. The summed E-state index contributed by atoms with van der Waals surface area (Å²) >= 11 is 4.69. The summed E-state index contributed by atoms with van der Waals surface area (Å²) in [6.07, 6.45) is -3.32. The van der Waals surface area contributed by atoms with Crippen LogP contribution in [0, 0.1) is 5.82 Å². The van der Waals surface area contributed by atoms with Gasteiger partial charge in [0.2, 0.25) is 0 Å². The van der Waals surface area contributed by atoms with Gasteiger partial charge in [-0.15, -0.1) is 11.3 Å². The Morgan fingerprint density at radius 2 is 1.97 bits per heavy atom. The third-order valence-corrected chi connectivity index (χ3v) is 7.26. The first-order valence-corrected chi connectivity index (χ1v) is 12.9. The number of amidine groups is 1. The van der Waals surface area contributed by atoms with Crippen LogP contribution in [0.15, 0.2) is 50.5 Å². The van der Waals surface area contributed by atoms with Gasteiger partial charge in [-0.1, -0.05) is 22.0 Å². The van der Waals surface area contributed by atoms with Gasteiger partial charge in [0.15, 0.2) is 10.8 Å². The molecule has 4 rings (SSSR count). The van der Waals surface area contributed by atoms with Gasteiger partial charge in [0.1, 0.15) is 11.9 Å². The number of nitrogens with one attached hydrogen (secondary N) is 1. The largest absolute Gasteiger partial charge is 0.471 e. The number of alkyl halides is 3. The molecule has 198 valence electrons. The molecule has 0 saturated carbocycles. The summed E-state index contributed by atoms with van der Waals surface area (Å²) in [7, 11) is 0. The molecule has 14 heteroatoms. The van der Waals surface area contributed by atoms with Crippen molar-refractivity contribution in [2.45, 2.75) is 19.1 Å². The van der Waals surface area contributed by atoms with Crippen molar-refractivity contribution in [1.29, 1.82) is 0 Å². The Kier molecular flexibility index (Phi) is 8.29. The van der Waals surface area contributed by atoms with E-state index in [1.165, 1.54) is 29.5 Å². The van der Waals surface area contributed by atoms with E-state index in [9.17, 15) is 27.2 Å². The van der Waals surface area contributed by atoms with Crippen molar-refractivity contribution in [1.82, 2.24) is 20.1 Å². The summed E-state index contributed by atoms with van der Waals surface area (Å²) in [6.45, 7) is 2.03. The molecule has 1 amide bonds. The molecule has 1 fully saturated rings. The SMILES string of the molecule is CCOC(=O)C1=C(CN2CCN(C(=O)C(F)(F)F)CC2)NC(c2nccs2)=NC1c1ccc(F)cc1Br. The topological polar surface area (TPSA) is 87.1 Å². The molecule has 0 radical (unpaired) electrons. The number of nitrogens with zero attached hydrogens (tertiary/aromatic N) is 4. The summed E-state index contributed by atoms with van der Waals surface area (Å²) < 4.78 is 58.1. The van der Waals surface area contributed by atoms with Crippen LogP contribution in [-0.2, 0) is 14.3 Å². The van der Waals surface area contributed by atoms with Crippen LogP contribution in [0.1, 0.15) is 23.5 Å². The van der Waals surface area contributed by atoms with E-state index in [0.717, 1.165) is 4.90 Å². The Labute approximate surface area is 222 Å². The van der Waals surface area contributed by atoms with Gasteiger partial charge in [-0.05, 0) is 24.6 Å². The van der Waals surface area contributed by atoms with Gasteiger partial charge in [-0.25, -0.2) is 14.2 Å². The molecule has 0 spiro atoms. The zero-order chi connectivity index (χ0) is 26.7. The minimum absolute atomic E-state index is 0.105. The average molecular weight is 604 g/mol. The van der Waals surface area contributed by atoms with Gasteiger partial charge < -0.3 is 15.0 Å². The number of esters is 1. The van der Waals surface area contributed by atoms with Crippen LogP contribution in [0.4, 0.5) is 17.6 Å². The molecular formula is C23H22BrF4N5O3S. The molecule has 2 aliphatic heterocycles. The standard InChI is InChI=1S/C23H22BrF4N5O3S/c1-2-36-21(34)17-16(12-32-6-8-33(9-7-32)22(35)23(26,27)28)30-19(20-29-5-10-37-20)31-18(17)14-4-3-13(25)11-15(14)24/h3-5,10-11,18H,2,6-9,12H2,1H3,(H,30,31). The maximum Gasteiger partial charge on any atom is 0.471 e. The number of aliphatic imine (C=N–C) groups is 1. The maximum atomic E-state index is 13.8. The number of carbonyl (C=O) groups is 2. The first kappa shape index (κ1) is 27.2. The van der Waals surface area contributed by atoms with Gasteiger partial charge in [0.05, 0.1) is 12.2 Å². The van der Waals surface area contributed by atoms with Gasteiger partial charge in [-0.2, -0.15) is 13.2 Å². The zero-order valence-electron chi connectivity index (χ0n) is 19.5. The summed E-state index contributed by atoms with van der Waals surface area (Å²) in [5, 5.41) is 5.49. The molecule has 1 atom stereocenters. The number of benzene rings is 1. The predicted molar refractivity (Wildman–Crippen MR) is 131 cm³/mol. The number of hydrogen-bond acceptors (Lipinski definition) is 8. The third kappa shape index (κ3) is 6.18. The van der Waals surface area contributed by atoms with Crippen molar-refractivity contribution >= 4 is 45.0 Å². The highest BCUT2D eigenvalue weighted by Crippen LogP contribution is 2.37. The van der Waals surface area contributed by atoms with Crippen molar-refractivity contribution in [3.63, 3.8) is 0 Å². The number of ether oxygens (including phenoxy) is 1. The van der Waals surface area contributed by atoms with Crippen LogP contribution in [0.25, 0.3) is 0 Å². The number of aromatic nitrogens is 1. The molecule has 2 aliphatic rings. The van der Waals surface area contributed by atoms with Crippen molar-refractivity contribution in [2.75, 3.05) is 39.3 Å². The van der Waals surface area contributed by atoms with Crippen molar-refractivity contribution in [2.24, 2.45) is 4.99 Å². The van der Waals surface area contributed by atoms with Crippen LogP contribution >= 0.6 is 27.3 Å². The molecule has 1 saturated heterocycles. The first-order chi connectivity index (χ1) is 17.6. The van der Waals surface area contributed by atoms with E-state index in [1.54, 1.807) is 18.5 Å². The van der Waals surface area contributed by atoms with Crippen LogP contribution in [-0.4, -0.2) is 78.0 Å². The number of rotatable bonds is 6. The maximum absolute atomic E-state index is 13.8. The van der Waals surface area contributed by atoms with Crippen molar-refractivity contribution in [3.8, 4) is 0 Å². The van der Waals surface area contributed by atoms with E-state index in [1.807, 2.05) is 4.90 Å². The van der Waals surface area contributed by atoms with E-state index in [4.69, 9.17) is 9.73 Å². The van der Waals surface area contributed by atoms with Crippen LogP contribution in [0.3, 0.4) is 0 Å². The highest BCUT2D eigenvalue weighted by Gasteiger charge is 2.43. The molecule has 37 heavy (non-hydrogen) atoms. The summed E-state index contributed by atoms with van der Waals surface area (Å²) in [6, 6.07) is 3.20. The predicted octanol–water partition coefficient (Wildman–Crippen LogP) is 3.66. The van der Waals surface area contributed by atoms with Gasteiger partial charge >= 0.3 is 18.1 Å². The second kappa shape index (κ2) is 11.3. The van der Waals surface area contributed by atoms with Gasteiger partial charge in [-0.3, -0.25) is 14.7 Å². The van der Waals surface area contributed by atoms with Crippen LogP contribution < -0.4 is 5.32 Å². The lowest BCUT2D eigenvalue weighted by molar-refractivity contribution is -0.186. The van der Waals surface area contributed by atoms with E-state index < -0.39 is 29.9 Å². The molecular weight excluding hydrogens is 582 g/mol. The van der Waals surface area contributed by atoms with Crippen LogP contribution in [0.5, 0.6) is 0 Å². The average Bonchev–Trinajstić information content (AvgIpc) is 3.38. The third-order valence-electron chi connectivity index (χ3n) is 5.80. The molecule has 0 aliphatic carbocycles. The molecule has 1 N–H and O–H groups in total. The zero-order valence-corrected chi connectivity index (χ0v) is 21.9. The monoisotopic (exact) mass is 603 g/mol. The van der Waals surface area contributed by atoms with E-state index in [2.05, 4.69) is 26.2 Å². The highest BCUT2D eigenvalue weighted by atomic mass is 79.9. The number of halogens is 5. The first-order valence-electron chi connectivity index (χ1n) is 11.3. The molecule has 3 heterocycles. The van der Waals surface area contributed by atoms with Gasteiger partial charge in [0.25, 0.3) is 0 Å². The summed E-state index contributed by atoms with van der Waals surface area (Å²) in [4.78, 5) is 36.4. The second-order valence-electron chi connectivity index (χ2n) is 8.19. The Bertz CT molecular complexity index is 1230. The lowest BCUT2D eigenvalue weighted by Gasteiger charge is -2.36. The minimum Gasteiger partial charge on any atom is -0.463 e. The highest BCUT2D eigenvalue weighted by molar-refractivity contribution is 9.10. The Hall–Kier alpha value is -2.84. The van der Waals surface area contributed by atoms with Crippen molar-refractivity contribution in [3.05, 3.63) is 61.9 Å². The van der Waals surface area contributed by atoms with Crippen LogP contribution in [0.2, 0.25) is 0 Å². The number of piperazine rings is 1. The fourth-order valence-corrected chi connectivity index (χ4v) is 5.23. The molecule has 2 aromatic rings. The summed E-state index contributed by atoms with van der Waals surface area (Å²) in [5.41, 5.74) is 1.16. The van der Waals surface area contributed by atoms with E-state index >= 15 is 0 Å².